The van der Waals surface area contributed by atoms with Gasteiger partial charge in [0.2, 0.25) is 10.0 Å². The molecule has 0 atom stereocenters. The van der Waals surface area contributed by atoms with E-state index in [-0.39, 0.29) is 11.4 Å². The Bertz CT molecular complexity index is 707. The summed E-state index contributed by atoms with van der Waals surface area (Å²) in [5.41, 5.74) is 6.47. The van der Waals surface area contributed by atoms with E-state index in [4.69, 9.17) is 17.3 Å². The van der Waals surface area contributed by atoms with Gasteiger partial charge in [-0.15, -0.1) is 11.3 Å². The van der Waals surface area contributed by atoms with Gasteiger partial charge in [-0.05, 0) is 24.6 Å². The van der Waals surface area contributed by atoms with Crippen molar-refractivity contribution < 1.29 is 8.42 Å². The Morgan fingerprint density at radius 3 is 2.76 bits per heavy atom. The second-order valence-electron chi connectivity index (χ2n) is 4.60. The Morgan fingerprint density at radius 2 is 2.19 bits per heavy atom. The summed E-state index contributed by atoms with van der Waals surface area (Å²) >= 11 is 7.19. The summed E-state index contributed by atoms with van der Waals surface area (Å²) in [5.74, 6) is 0. The van der Waals surface area contributed by atoms with Crippen LogP contribution in [-0.2, 0) is 29.7 Å². The molecule has 0 radical (unpaired) electrons. The van der Waals surface area contributed by atoms with E-state index in [0.29, 0.717) is 10.9 Å². The number of thiophene rings is 1. The molecule has 21 heavy (non-hydrogen) atoms. The lowest BCUT2D eigenvalue weighted by Gasteiger charge is -2.04. The number of rotatable bonds is 7. The van der Waals surface area contributed by atoms with Crippen LogP contribution in [0.4, 0.5) is 0 Å². The van der Waals surface area contributed by atoms with E-state index in [1.807, 2.05) is 17.6 Å². The topological polar surface area (TPSA) is 77.1 Å². The van der Waals surface area contributed by atoms with E-state index in [0.717, 1.165) is 23.5 Å². The van der Waals surface area contributed by atoms with Crippen molar-refractivity contribution in [3.05, 3.63) is 39.3 Å². The summed E-state index contributed by atoms with van der Waals surface area (Å²) in [6, 6.07) is 5.18. The number of sulfonamides is 1. The zero-order valence-electron chi connectivity index (χ0n) is 11.7. The van der Waals surface area contributed by atoms with Crippen LogP contribution in [0.25, 0.3) is 0 Å². The summed E-state index contributed by atoms with van der Waals surface area (Å²) in [6.45, 7) is 3.34. The maximum atomic E-state index is 12.3. The summed E-state index contributed by atoms with van der Waals surface area (Å²) < 4.78 is 29.7. The van der Waals surface area contributed by atoms with Crippen molar-refractivity contribution in [1.29, 1.82) is 0 Å². The molecule has 0 saturated heterocycles. The summed E-state index contributed by atoms with van der Waals surface area (Å²) in [6.07, 6.45) is 2.55. The molecule has 0 amide bonds. The summed E-state index contributed by atoms with van der Waals surface area (Å²) in [7, 11) is -3.54. The molecule has 0 saturated carbocycles. The fourth-order valence-corrected chi connectivity index (χ4v) is 4.18. The third-order valence-corrected chi connectivity index (χ3v) is 5.61. The molecule has 3 N–H and O–H groups in total. The fraction of sp³-hybridized carbons (Fsp3) is 0.385. The van der Waals surface area contributed by atoms with E-state index < -0.39 is 10.0 Å². The van der Waals surface area contributed by atoms with Gasteiger partial charge in [-0.3, -0.25) is 0 Å². The van der Waals surface area contributed by atoms with Crippen LogP contribution in [0.5, 0.6) is 0 Å². The van der Waals surface area contributed by atoms with Crippen LogP contribution >= 0.6 is 22.9 Å². The van der Waals surface area contributed by atoms with Crippen molar-refractivity contribution in [1.82, 2.24) is 9.29 Å². The van der Waals surface area contributed by atoms with E-state index in [9.17, 15) is 8.42 Å². The number of nitrogens with two attached hydrogens (primary N) is 1. The first kappa shape index (κ1) is 16.5. The largest absolute Gasteiger partial charge is 0.349 e. The molecule has 0 spiro atoms. The highest BCUT2D eigenvalue weighted by atomic mass is 35.5. The zero-order chi connectivity index (χ0) is 15.5. The Hall–Kier alpha value is -0.860. The minimum atomic E-state index is -3.54. The number of aromatic nitrogens is 1. The van der Waals surface area contributed by atoms with Crippen LogP contribution in [-0.4, -0.2) is 13.0 Å². The second-order valence-corrected chi connectivity index (χ2v) is 8.16. The van der Waals surface area contributed by atoms with Gasteiger partial charge in [0.1, 0.15) is 0 Å². The van der Waals surface area contributed by atoms with Gasteiger partial charge >= 0.3 is 0 Å². The van der Waals surface area contributed by atoms with E-state index in [1.54, 1.807) is 18.3 Å². The molecule has 0 aliphatic rings. The molecule has 0 aromatic carbocycles. The van der Waals surface area contributed by atoms with Crippen LogP contribution in [0.3, 0.4) is 0 Å². The van der Waals surface area contributed by atoms with Crippen LogP contribution in [0.2, 0.25) is 4.34 Å². The van der Waals surface area contributed by atoms with Gasteiger partial charge in [-0.25, -0.2) is 13.1 Å². The van der Waals surface area contributed by atoms with Crippen molar-refractivity contribution in [2.75, 3.05) is 0 Å². The average Bonchev–Trinajstić information content (AvgIpc) is 3.04. The highest BCUT2D eigenvalue weighted by Crippen LogP contribution is 2.22. The maximum absolute atomic E-state index is 12.3. The zero-order valence-corrected chi connectivity index (χ0v) is 14.1. The van der Waals surface area contributed by atoms with E-state index in [1.165, 1.54) is 11.3 Å². The van der Waals surface area contributed by atoms with Gasteiger partial charge in [0.25, 0.3) is 0 Å². The van der Waals surface area contributed by atoms with E-state index >= 15 is 0 Å². The first-order valence-electron chi connectivity index (χ1n) is 6.59. The smallest absolute Gasteiger partial charge is 0.242 e. The molecule has 2 heterocycles. The normalized spacial score (nSPS) is 12.0. The number of halogens is 1. The highest BCUT2D eigenvalue weighted by Gasteiger charge is 2.18. The molecule has 0 aliphatic carbocycles. The standard InChI is InChI=1S/C13H18ClN3O2S2/c1-2-5-17-9-12(6-10(17)7-15)21(18,19)16-8-11-3-4-13(14)20-11/h3-4,6,9,16H,2,5,7-8,15H2,1H3. The SMILES string of the molecule is CCCn1cc(S(=O)(=O)NCc2ccc(Cl)s2)cc1CN. The van der Waals surface area contributed by atoms with Gasteiger partial charge in [0.15, 0.2) is 0 Å². The lowest BCUT2D eigenvalue weighted by molar-refractivity contribution is 0.581. The summed E-state index contributed by atoms with van der Waals surface area (Å²) in [5, 5.41) is 0. The van der Waals surface area contributed by atoms with Gasteiger partial charge in [0, 0.05) is 36.4 Å². The van der Waals surface area contributed by atoms with Crippen LogP contribution in [0.15, 0.2) is 29.3 Å². The molecular formula is C13H18ClN3O2S2. The number of nitrogens with zero attached hydrogens (tertiary/aromatic N) is 1. The molecule has 0 fully saturated rings. The van der Waals surface area contributed by atoms with Crippen LogP contribution < -0.4 is 10.5 Å². The number of hydrogen-bond acceptors (Lipinski definition) is 4. The number of hydrogen-bond donors (Lipinski definition) is 2. The molecule has 2 rings (SSSR count). The molecule has 8 heteroatoms. The molecule has 0 unspecified atom stereocenters. The first-order chi connectivity index (χ1) is 9.96. The first-order valence-corrected chi connectivity index (χ1v) is 9.27. The van der Waals surface area contributed by atoms with Crippen molar-refractivity contribution in [2.45, 2.75) is 37.9 Å². The van der Waals surface area contributed by atoms with Crippen LogP contribution in [0.1, 0.15) is 23.9 Å². The van der Waals surface area contributed by atoms with Crippen molar-refractivity contribution in [3.8, 4) is 0 Å². The maximum Gasteiger partial charge on any atom is 0.242 e. The Labute approximate surface area is 133 Å². The van der Waals surface area contributed by atoms with Gasteiger partial charge in [0.05, 0.1) is 9.23 Å². The quantitative estimate of drug-likeness (QED) is 0.808. The molecule has 0 bridgehead atoms. The van der Waals surface area contributed by atoms with Gasteiger partial charge in [-0.2, -0.15) is 0 Å². The van der Waals surface area contributed by atoms with Crippen molar-refractivity contribution in [3.63, 3.8) is 0 Å². The van der Waals surface area contributed by atoms with Gasteiger partial charge in [-0.1, -0.05) is 18.5 Å². The van der Waals surface area contributed by atoms with Crippen molar-refractivity contribution >= 4 is 33.0 Å². The molecule has 2 aromatic heterocycles. The van der Waals surface area contributed by atoms with E-state index in [2.05, 4.69) is 4.72 Å². The highest BCUT2D eigenvalue weighted by molar-refractivity contribution is 7.89. The van der Waals surface area contributed by atoms with Gasteiger partial charge < -0.3 is 10.3 Å². The molecular weight excluding hydrogens is 330 g/mol. The summed E-state index contributed by atoms with van der Waals surface area (Å²) in [4.78, 5) is 1.12. The second kappa shape index (κ2) is 6.93. The minimum absolute atomic E-state index is 0.233. The number of nitrogens with one attached hydrogen (secondary N) is 1. The third kappa shape index (κ3) is 4.08. The Morgan fingerprint density at radius 1 is 1.43 bits per heavy atom. The molecule has 116 valence electrons. The number of aryl methyl sites for hydroxylation is 1. The Kier molecular flexibility index (Phi) is 5.45. The molecule has 2 aromatic rings. The minimum Gasteiger partial charge on any atom is -0.349 e. The van der Waals surface area contributed by atoms with Crippen molar-refractivity contribution in [2.24, 2.45) is 5.73 Å². The Balaban J connectivity index is 2.15. The van der Waals surface area contributed by atoms with Crippen LogP contribution in [0, 0.1) is 0 Å². The lowest BCUT2D eigenvalue weighted by Crippen LogP contribution is -2.22. The lowest BCUT2D eigenvalue weighted by atomic mass is 10.4. The average molecular weight is 348 g/mol. The molecule has 5 nitrogen and oxygen atoms in total. The third-order valence-electron chi connectivity index (χ3n) is 3.01. The fourth-order valence-electron chi connectivity index (χ4n) is 1.99. The predicted octanol–water partition coefficient (Wildman–Crippen LogP) is 2.55. The predicted molar refractivity (Wildman–Crippen MR) is 86.0 cm³/mol. The monoisotopic (exact) mass is 347 g/mol. The molecule has 0 aliphatic heterocycles.